The third kappa shape index (κ3) is 4.87. The molecule has 0 amide bonds. The summed E-state index contributed by atoms with van der Waals surface area (Å²) in [7, 11) is 0.570. The predicted octanol–water partition coefficient (Wildman–Crippen LogP) is 3.03. The van der Waals surface area contributed by atoms with Crippen LogP contribution in [0.4, 0.5) is 4.39 Å². The molecule has 0 unspecified atom stereocenters. The number of rotatable bonds is 6. The Bertz CT molecular complexity index is 471. The van der Waals surface area contributed by atoms with Crippen LogP contribution in [0.15, 0.2) is 18.2 Å². The molecular weight excluding hydrogens is 277 g/mol. The van der Waals surface area contributed by atoms with Crippen molar-refractivity contribution in [3.63, 3.8) is 0 Å². The highest BCUT2D eigenvalue weighted by molar-refractivity contribution is 7.86. The van der Waals surface area contributed by atoms with E-state index < -0.39 is 10.8 Å². The lowest BCUT2D eigenvalue weighted by molar-refractivity contribution is 0.385. The lowest BCUT2D eigenvalue weighted by Gasteiger charge is -2.19. The maximum Gasteiger partial charge on any atom is 0.165 e. The highest BCUT2D eigenvalue weighted by Crippen LogP contribution is 2.21. The van der Waals surface area contributed by atoms with Crippen molar-refractivity contribution >= 4 is 10.8 Å². The summed E-state index contributed by atoms with van der Waals surface area (Å²) in [6.07, 6.45) is 0. The van der Waals surface area contributed by atoms with Crippen molar-refractivity contribution in [2.75, 3.05) is 19.4 Å². The second-order valence-electron chi connectivity index (χ2n) is 5.73. The second-order valence-corrected chi connectivity index (χ2v) is 8.06. The Hall–Kier alpha value is -0.940. The monoisotopic (exact) mass is 301 g/mol. The fourth-order valence-electron chi connectivity index (χ4n) is 1.74. The summed E-state index contributed by atoms with van der Waals surface area (Å²) in [6, 6.07) is 4.93. The Balaban J connectivity index is 2.53. The zero-order chi connectivity index (χ0) is 15.3. The van der Waals surface area contributed by atoms with Crippen molar-refractivity contribution in [1.29, 1.82) is 0 Å². The normalized spacial score (nSPS) is 14.9. The summed E-state index contributed by atoms with van der Waals surface area (Å²) in [5, 5.41) is 3.27. The van der Waals surface area contributed by atoms with Gasteiger partial charge in [-0.1, -0.05) is 6.07 Å². The molecule has 3 nitrogen and oxygen atoms in total. The highest BCUT2D eigenvalue weighted by atomic mass is 32.2. The minimum Gasteiger partial charge on any atom is -0.494 e. The number of ether oxygens (including phenoxy) is 1. The van der Waals surface area contributed by atoms with Crippen LogP contribution in [-0.4, -0.2) is 28.4 Å². The molecule has 114 valence electrons. The number of nitrogens with one attached hydrogen (secondary N) is 1. The summed E-state index contributed by atoms with van der Waals surface area (Å²) in [5.74, 6) is 0.471. The fraction of sp³-hybridized carbons (Fsp3) is 0.600. The van der Waals surface area contributed by atoms with E-state index >= 15 is 0 Å². The first kappa shape index (κ1) is 17.1. The number of hydrogen-bond acceptors (Lipinski definition) is 3. The van der Waals surface area contributed by atoms with Gasteiger partial charge in [0.05, 0.1) is 7.11 Å². The minimum atomic E-state index is -0.876. The van der Waals surface area contributed by atoms with Crippen LogP contribution >= 0.6 is 0 Å². The molecule has 0 spiro atoms. The van der Waals surface area contributed by atoms with Crippen LogP contribution in [0.2, 0.25) is 0 Å². The second kappa shape index (κ2) is 7.18. The van der Waals surface area contributed by atoms with E-state index in [0.29, 0.717) is 12.3 Å². The Morgan fingerprint density at radius 3 is 2.55 bits per heavy atom. The van der Waals surface area contributed by atoms with Gasteiger partial charge in [0.25, 0.3) is 0 Å². The van der Waals surface area contributed by atoms with Crippen molar-refractivity contribution < 1.29 is 13.3 Å². The Labute approximate surface area is 123 Å². The zero-order valence-corrected chi connectivity index (χ0v) is 13.6. The molecule has 2 atom stereocenters. The van der Waals surface area contributed by atoms with Gasteiger partial charge in [0.1, 0.15) is 0 Å². The average molecular weight is 301 g/mol. The van der Waals surface area contributed by atoms with Crippen LogP contribution < -0.4 is 10.1 Å². The molecular formula is C15H24FNO2S. The van der Waals surface area contributed by atoms with Crippen LogP contribution in [0.3, 0.4) is 0 Å². The van der Waals surface area contributed by atoms with Crippen molar-refractivity contribution in [1.82, 2.24) is 5.32 Å². The molecule has 1 rings (SSSR count). The van der Waals surface area contributed by atoms with Crippen LogP contribution in [0, 0.1) is 5.82 Å². The first-order valence-electron chi connectivity index (χ1n) is 6.71. The molecule has 0 aliphatic heterocycles. The smallest absolute Gasteiger partial charge is 0.165 e. The van der Waals surface area contributed by atoms with Gasteiger partial charge in [-0.3, -0.25) is 4.21 Å². The summed E-state index contributed by atoms with van der Waals surface area (Å²) >= 11 is 0. The van der Waals surface area contributed by atoms with Crippen LogP contribution in [-0.2, 0) is 10.8 Å². The molecule has 0 aromatic heterocycles. The van der Waals surface area contributed by atoms with Crippen LogP contribution in [0.5, 0.6) is 5.75 Å². The van der Waals surface area contributed by atoms with E-state index in [-0.39, 0.29) is 22.4 Å². The predicted molar refractivity (Wildman–Crippen MR) is 82.1 cm³/mol. The molecule has 0 radical (unpaired) electrons. The van der Waals surface area contributed by atoms with Gasteiger partial charge in [-0.05, 0) is 45.4 Å². The molecule has 1 N–H and O–H groups in total. The summed E-state index contributed by atoms with van der Waals surface area (Å²) in [5.41, 5.74) is 0.852. The van der Waals surface area contributed by atoms with Crippen molar-refractivity contribution in [2.45, 2.75) is 38.5 Å². The molecule has 0 saturated carbocycles. The van der Waals surface area contributed by atoms with E-state index in [9.17, 15) is 8.60 Å². The minimum absolute atomic E-state index is 0.00683. The molecule has 1 aromatic rings. The quantitative estimate of drug-likeness (QED) is 0.877. The number of halogens is 1. The standard InChI is InChI=1S/C15H24FNO2S/c1-11(17-8-9-20(18)15(2,3)4)12-6-7-14(19-5)13(16)10-12/h6-7,10-11,17H,8-9H2,1-5H3/t11-,20-/m1/s1. The maximum atomic E-state index is 13.6. The molecule has 0 heterocycles. The summed E-state index contributed by atoms with van der Waals surface area (Å²) < 4.78 is 30.2. The lowest BCUT2D eigenvalue weighted by Crippen LogP contribution is -2.30. The third-order valence-corrected chi connectivity index (χ3v) is 5.04. The van der Waals surface area contributed by atoms with Gasteiger partial charge in [-0.25, -0.2) is 4.39 Å². The molecule has 20 heavy (non-hydrogen) atoms. The SMILES string of the molecule is COc1ccc([C@@H](C)NCC[S@@](=O)C(C)(C)C)cc1F. The van der Waals surface area contributed by atoms with Gasteiger partial charge < -0.3 is 10.1 Å². The van der Waals surface area contributed by atoms with Crippen LogP contribution in [0.25, 0.3) is 0 Å². The van der Waals surface area contributed by atoms with E-state index in [0.717, 1.165) is 5.56 Å². The largest absolute Gasteiger partial charge is 0.494 e. The molecule has 0 aliphatic carbocycles. The van der Waals surface area contributed by atoms with E-state index in [2.05, 4.69) is 5.32 Å². The first-order chi connectivity index (χ1) is 9.25. The van der Waals surface area contributed by atoms with Crippen LogP contribution in [0.1, 0.15) is 39.3 Å². The summed E-state index contributed by atoms with van der Waals surface area (Å²) in [6.45, 7) is 8.49. The van der Waals surface area contributed by atoms with Gasteiger partial charge in [0.15, 0.2) is 11.6 Å². The van der Waals surface area contributed by atoms with E-state index in [1.165, 1.54) is 13.2 Å². The van der Waals surface area contributed by atoms with Crippen molar-refractivity contribution in [3.05, 3.63) is 29.6 Å². The van der Waals surface area contributed by atoms with Gasteiger partial charge in [-0.2, -0.15) is 0 Å². The lowest BCUT2D eigenvalue weighted by atomic mass is 10.1. The van der Waals surface area contributed by atoms with E-state index in [1.807, 2.05) is 33.8 Å². The third-order valence-electron chi connectivity index (χ3n) is 3.10. The molecule has 5 heteroatoms. The van der Waals surface area contributed by atoms with Gasteiger partial charge in [-0.15, -0.1) is 0 Å². The fourth-order valence-corrected chi connectivity index (χ4v) is 2.66. The zero-order valence-electron chi connectivity index (χ0n) is 12.8. The Kier molecular flexibility index (Phi) is 6.14. The Morgan fingerprint density at radius 1 is 1.40 bits per heavy atom. The topological polar surface area (TPSA) is 38.3 Å². The number of methoxy groups -OCH3 is 1. The number of hydrogen-bond donors (Lipinski definition) is 1. The van der Waals surface area contributed by atoms with Crippen molar-refractivity contribution in [2.24, 2.45) is 0 Å². The van der Waals surface area contributed by atoms with Gasteiger partial charge in [0.2, 0.25) is 0 Å². The number of benzene rings is 1. The van der Waals surface area contributed by atoms with E-state index in [4.69, 9.17) is 4.74 Å². The molecule has 0 bridgehead atoms. The van der Waals surface area contributed by atoms with Gasteiger partial charge >= 0.3 is 0 Å². The average Bonchev–Trinajstić information content (AvgIpc) is 2.37. The molecule has 0 aliphatic rings. The first-order valence-corrected chi connectivity index (χ1v) is 8.03. The Morgan fingerprint density at radius 2 is 2.05 bits per heavy atom. The van der Waals surface area contributed by atoms with Crippen molar-refractivity contribution in [3.8, 4) is 5.75 Å². The van der Waals surface area contributed by atoms with E-state index in [1.54, 1.807) is 6.07 Å². The highest BCUT2D eigenvalue weighted by Gasteiger charge is 2.19. The van der Waals surface area contributed by atoms with Gasteiger partial charge in [0, 0.05) is 33.9 Å². The maximum absolute atomic E-state index is 13.6. The molecule has 1 aromatic carbocycles. The molecule has 0 saturated heterocycles. The molecule has 0 fully saturated rings. The summed E-state index contributed by atoms with van der Waals surface area (Å²) in [4.78, 5) is 0.